The van der Waals surface area contributed by atoms with Crippen LogP contribution in [-0.4, -0.2) is 23.6 Å². The van der Waals surface area contributed by atoms with E-state index in [9.17, 15) is 4.79 Å². The number of rotatable bonds is 1. The number of amides is 1. The summed E-state index contributed by atoms with van der Waals surface area (Å²) in [6.45, 7) is 2.84. The van der Waals surface area contributed by atoms with Crippen LogP contribution in [0.3, 0.4) is 0 Å². The molecule has 0 saturated heterocycles. The monoisotopic (exact) mass is 319 g/mol. The molecule has 2 nitrogen and oxygen atoms in total. The molecule has 0 N–H and O–H groups in total. The first-order valence-electron chi connectivity index (χ1n) is 4.94. The second-order valence-electron chi connectivity index (χ2n) is 3.68. The summed E-state index contributed by atoms with van der Waals surface area (Å²) in [5.74, 6) is 0.00442. The molecule has 0 saturated carbocycles. The van der Waals surface area contributed by atoms with Gasteiger partial charge < -0.3 is 4.90 Å². The van der Waals surface area contributed by atoms with Gasteiger partial charge in [-0.2, -0.15) is 0 Å². The van der Waals surface area contributed by atoms with Crippen LogP contribution in [0, 0.1) is 0 Å². The number of thioether (sulfide) groups is 1. The fourth-order valence-electron chi connectivity index (χ4n) is 1.72. The Morgan fingerprint density at radius 1 is 1.69 bits per heavy atom. The predicted molar refractivity (Wildman–Crippen MR) is 72.5 cm³/mol. The predicted octanol–water partition coefficient (Wildman–Crippen LogP) is 3.52. The number of benzene rings is 1. The summed E-state index contributed by atoms with van der Waals surface area (Å²) in [5.41, 5.74) is 0.969. The van der Waals surface area contributed by atoms with Crippen LogP contribution in [0.25, 0.3) is 0 Å². The number of carbonyl (C=O) groups is 1. The number of fused-ring (bicyclic) bond motifs is 1. The van der Waals surface area contributed by atoms with Gasteiger partial charge in [-0.15, -0.1) is 23.4 Å². The Kier molecular flexibility index (Phi) is 3.82. The third-order valence-electron chi connectivity index (χ3n) is 2.40. The molecule has 0 aromatic heterocycles. The first-order valence-corrected chi connectivity index (χ1v) is 7.15. The van der Waals surface area contributed by atoms with Crippen molar-refractivity contribution in [2.75, 3.05) is 17.3 Å². The van der Waals surface area contributed by atoms with E-state index in [-0.39, 0.29) is 11.8 Å². The van der Waals surface area contributed by atoms with Gasteiger partial charge in [0.15, 0.2) is 0 Å². The zero-order valence-electron chi connectivity index (χ0n) is 8.74. The van der Waals surface area contributed by atoms with E-state index in [2.05, 4.69) is 22.9 Å². The van der Waals surface area contributed by atoms with E-state index in [0.717, 1.165) is 21.6 Å². The summed E-state index contributed by atoms with van der Waals surface area (Å²) < 4.78 is 1.03. The lowest BCUT2D eigenvalue weighted by atomic mass is 10.2. The Bertz CT molecular complexity index is 426. The van der Waals surface area contributed by atoms with Crippen LogP contribution < -0.4 is 4.90 Å². The van der Waals surface area contributed by atoms with Gasteiger partial charge in [-0.3, -0.25) is 4.79 Å². The normalized spacial score (nSPS) is 19.4. The number of alkyl halides is 1. The molecule has 1 aromatic rings. The molecular weight excluding hydrogens is 310 g/mol. The van der Waals surface area contributed by atoms with Crippen molar-refractivity contribution in [2.45, 2.75) is 17.1 Å². The molecule has 5 heteroatoms. The van der Waals surface area contributed by atoms with E-state index in [1.54, 1.807) is 16.7 Å². The van der Waals surface area contributed by atoms with E-state index < -0.39 is 0 Å². The third-order valence-corrected chi connectivity index (χ3v) is 4.25. The van der Waals surface area contributed by atoms with Crippen LogP contribution in [0.1, 0.15) is 6.92 Å². The molecule has 1 unspecified atom stereocenters. The summed E-state index contributed by atoms with van der Waals surface area (Å²) in [6.07, 6.45) is 0. The number of halogens is 2. The van der Waals surface area contributed by atoms with Gasteiger partial charge >= 0.3 is 0 Å². The van der Waals surface area contributed by atoms with Crippen molar-refractivity contribution in [3.8, 4) is 0 Å². The van der Waals surface area contributed by atoms with Crippen molar-refractivity contribution in [2.24, 2.45) is 0 Å². The molecule has 0 bridgehead atoms. The summed E-state index contributed by atoms with van der Waals surface area (Å²) in [4.78, 5) is 14.6. The Morgan fingerprint density at radius 3 is 3.12 bits per heavy atom. The highest BCUT2D eigenvalue weighted by molar-refractivity contribution is 9.10. The SMILES string of the molecule is CC1CN(C(=O)CCl)c2ccc(Br)cc2S1. The molecule has 16 heavy (non-hydrogen) atoms. The highest BCUT2D eigenvalue weighted by Crippen LogP contribution is 2.39. The van der Waals surface area contributed by atoms with Gasteiger partial charge in [-0.25, -0.2) is 0 Å². The summed E-state index contributed by atoms with van der Waals surface area (Å²) in [5, 5.41) is 0.397. The maximum Gasteiger partial charge on any atom is 0.241 e. The Morgan fingerprint density at radius 2 is 2.44 bits per heavy atom. The lowest BCUT2D eigenvalue weighted by molar-refractivity contribution is -0.116. The zero-order valence-corrected chi connectivity index (χ0v) is 11.9. The third kappa shape index (κ3) is 2.39. The molecule has 2 rings (SSSR count). The first-order chi connectivity index (χ1) is 7.61. The molecule has 1 aromatic carbocycles. The lowest BCUT2D eigenvalue weighted by Crippen LogP contribution is -2.39. The molecule has 1 aliphatic rings. The highest BCUT2D eigenvalue weighted by atomic mass is 79.9. The first kappa shape index (κ1) is 12.3. The van der Waals surface area contributed by atoms with Crippen molar-refractivity contribution in [1.82, 2.24) is 0 Å². The molecule has 0 radical (unpaired) electrons. The van der Waals surface area contributed by atoms with Crippen LogP contribution in [0.2, 0.25) is 0 Å². The van der Waals surface area contributed by atoms with Crippen molar-refractivity contribution < 1.29 is 4.79 Å². The second-order valence-corrected chi connectivity index (χ2v) is 6.34. The molecule has 1 heterocycles. The number of hydrogen-bond acceptors (Lipinski definition) is 2. The number of nitrogens with zero attached hydrogens (tertiary/aromatic N) is 1. The summed E-state index contributed by atoms with van der Waals surface area (Å²) in [6, 6.07) is 5.96. The summed E-state index contributed by atoms with van der Waals surface area (Å²) >= 11 is 10.9. The molecule has 0 fully saturated rings. The largest absolute Gasteiger partial charge is 0.309 e. The van der Waals surface area contributed by atoms with Crippen LogP contribution in [0.15, 0.2) is 27.6 Å². The van der Waals surface area contributed by atoms with Crippen LogP contribution in [-0.2, 0) is 4.79 Å². The zero-order chi connectivity index (χ0) is 11.7. The highest BCUT2D eigenvalue weighted by Gasteiger charge is 2.26. The average molecular weight is 321 g/mol. The van der Waals surface area contributed by atoms with E-state index in [4.69, 9.17) is 11.6 Å². The molecule has 1 atom stereocenters. The molecule has 1 aliphatic heterocycles. The minimum Gasteiger partial charge on any atom is -0.309 e. The number of hydrogen-bond donors (Lipinski definition) is 0. The van der Waals surface area contributed by atoms with Gasteiger partial charge in [0.05, 0.1) is 5.69 Å². The van der Waals surface area contributed by atoms with Gasteiger partial charge in [0.1, 0.15) is 5.88 Å². The molecule has 0 spiro atoms. The second kappa shape index (κ2) is 4.98. The van der Waals surface area contributed by atoms with E-state index in [1.807, 2.05) is 18.2 Å². The van der Waals surface area contributed by atoms with Gasteiger partial charge in [0, 0.05) is 21.2 Å². The van der Waals surface area contributed by atoms with Crippen molar-refractivity contribution in [3.63, 3.8) is 0 Å². The van der Waals surface area contributed by atoms with E-state index >= 15 is 0 Å². The maximum atomic E-state index is 11.7. The Balaban J connectivity index is 2.41. The van der Waals surface area contributed by atoms with Crippen molar-refractivity contribution in [1.29, 1.82) is 0 Å². The minimum atomic E-state index is -0.0302. The quantitative estimate of drug-likeness (QED) is 0.738. The molecule has 86 valence electrons. The van der Waals surface area contributed by atoms with Gasteiger partial charge in [-0.1, -0.05) is 22.9 Å². The number of anilines is 1. The Hall–Kier alpha value is -0.190. The van der Waals surface area contributed by atoms with Gasteiger partial charge in [0.25, 0.3) is 0 Å². The van der Waals surface area contributed by atoms with E-state index in [0.29, 0.717) is 5.25 Å². The molecular formula is C11H11BrClNOS. The standard InChI is InChI=1S/C11H11BrClNOS/c1-7-6-14(11(15)5-13)9-3-2-8(12)4-10(9)16-7/h2-4,7H,5-6H2,1H3. The fraction of sp³-hybridized carbons (Fsp3) is 0.364. The van der Waals surface area contributed by atoms with Gasteiger partial charge in [0.2, 0.25) is 5.91 Å². The van der Waals surface area contributed by atoms with Gasteiger partial charge in [-0.05, 0) is 18.2 Å². The Labute approximate surface area is 112 Å². The minimum absolute atomic E-state index is 0.0302. The lowest BCUT2D eigenvalue weighted by Gasteiger charge is -2.32. The smallest absolute Gasteiger partial charge is 0.241 e. The average Bonchev–Trinajstić information content (AvgIpc) is 2.26. The fourth-order valence-corrected chi connectivity index (χ4v) is 3.53. The van der Waals surface area contributed by atoms with Crippen LogP contribution in [0.4, 0.5) is 5.69 Å². The molecule has 1 amide bonds. The number of carbonyl (C=O) groups excluding carboxylic acids is 1. The van der Waals surface area contributed by atoms with Crippen molar-refractivity contribution >= 4 is 50.9 Å². The summed E-state index contributed by atoms with van der Waals surface area (Å²) in [7, 11) is 0. The maximum absolute atomic E-state index is 11.7. The van der Waals surface area contributed by atoms with Crippen molar-refractivity contribution in [3.05, 3.63) is 22.7 Å². The van der Waals surface area contributed by atoms with Crippen LogP contribution >= 0.6 is 39.3 Å². The topological polar surface area (TPSA) is 20.3 Å². The molecule has 0 aliphatic carbocycles. The van der Waals surface area contributed by atoms with E-state index in [1.165, 1.54) is 0 Å². The van der Waals surface area contributed by atoms with Crippen LogP contribution in [0.5, 0.6) is 0 Å².